The molecule has 0 unspecified atom stereocenters. The maximum Gasteiger partial charge on any atom is 0.0595 e. The summed E-state index contributed by atoms with van der Waals surface area (Å²) in [6.45, 7) is 0. The first-order chi connectivity index (χ1) is 7.15. The molecule has 0 saturated carbocycles. The fraction of sp³-hybridized carbons (Fsp3) is 0.167. The summed E-state index contributed by atoms with van der Waals surface area (Å²) in [5.41, 5.74) is 2.45. The fourth-order valence-electron chi connectivity index (χ4n) is 1.55. The molecule has 1 heterocycles. The monoisotopic (exact) mass is 239 g/mol. The third-order valence-electron chi connectivity index (χ3n) is 2.29. The molecule has 1 aromatic heterocycles. The van der Waals surface area contributed by atoms with Crippen molar-refractivity contribution in [2.24, 2.45) is 7.05 Å². The Morgan fingerprint density at radius 3 is 2.47 bits per heavy atom. The van der Waals surface area contributed by atoms with Gasteiger partial charge in [-0.1, -0.05) is 29.3 Å². The van der Waals surface area contributed by atoms with Gasteiger partial charge >= 0.3 is 0 Å². The zero-order chi connectivity index (χ0) is 10.8. The van der Waals surface area contributed by atoms with E-state index in [1.54, 1.807) is 0 Å². The minimum atomic E-state index is 0.605. The number of hydrogen-bond acceptors (Lipinski definition) is 0. The van der Waals surface area contributed by atoms with Crippen molar-refractivity contribution >= 4 is 23.2 Å². The van der Waals surface area contributed by atoms with Gasteiger partial charge in [0.1, 0.15) is 0 Å². The second-order valence-corrected chi connectivity index (χ2v) is 4.42. The van der Waals surface area contributed by atoms with Gasteiger partial charge in [0.05, 0.1) is 10.0 Å². The molecule has 0 bridgehead atoms. The van der Waals surface area contributed by atoms with E-state index in [1.807, 2.05) is 36.0 Å². The quantitative estimate of drug-likeness (QED) is 0.749. The van der Waals surface area contributed by atoms with Crippen molar-refractivity contribution in [1.29, 1.82) is 0 Å². The van der Waals surface area contributed by atoms with Gasteiger partial charge < -0.3 is 4.57 Å². The molecule has 78 valence electrons. The number of benzene rings is 1. The first-order valence-corrected chi connectivity index (χ1v) is 5.45. The molecule has 0 N–H and O–H groups in total. The molecule has 2 aromatic rings. The summed E-state index contributed by atoms with van der Waals surface area (Å²) >= 11 is 11.8. The maximum absolute atomic E-state index is 5.95. The Kier molecular flexibility index (Phi) is 3.03. The summed E-state index contributed by atoms with van der Waals surface area (Å²) in [4.78, 5) is 0. The van der Waals surface area contributed by atoms with E-state index in [4.69, 9.17) is 23.2 Å². The lowest BCUT2D eigenvalue weighted by Crippen LogP contribution is -1.86. The lowest BCUT2D eigenvalue weighted by atomic mass is 10.1. The van der Waals surface area contributed by atoms with Crippen molar-refractivity contribution in [2.75, 3.05) is 0 Å². The van der Waals surface area contributed by atoms with Crippen molar-refractivity contribution < 1.29 is 0 Å². The Morgan fingerprint density at radius 2 is 1.87 bits per heavy atom. The van der Waals surface area contributed by atoms with E-state index in [2.05, 4.69) is 12.3 Å². The Morgan fingerprint density at radius 1 is 1.07 bits per heavy atom. The molecule has 0 amide bonds. The average Bonchev–Trinajstić information content (AvgIpc) is 2.58. The summed E-state index contributed by atoms with van der Waals surface area (Å²) in [5, 5.41) is 1.22. The molecule has 2 rings (SSSR count). The highest BCUT2D eigenvalue weighted by Crippen LogP contribution is 2.23. The largest absolute Gasteiger partial charge is 0.357 e. The molecule has 3 heteroatoms. The summed E-state index contributed by atoms with van der Waals surface area (Å²) < 4.78 is 2.03. The number of nitrogens with zero attached hydrogens (tertiary/aromatic N) is 1. The Bertz CT molecular complexity index is 474. The maximum atomic E-state index is 5.95. The molecule has 0 atom stereocenters. The van der Waals surface area contributed by atoms with Crippen LogP contribution >= 0.6 is 23.2 Å². The summed E-state index contributed by atoms with van der Waals surface area (Å²) in [6.07, 6.45) is 5.02. The van der Waals surface area contributed by atoms with E-state index >= 15 is 0 Å². The smallest absolute Gasteiger partial charge is 0.0595 e. The SMILES string of the molecule is Cn1ccc(Cc2ccc(Cl)c(Cl)c2)c1. The van der Waals surface area contributed by atoms with Gasteiger partial charge in [-0.05, 0) is 35.7 Å². The normalized spacial score (nSPS) is 10.6. The lowest BCUT2D eigenvalue weighted by molar-refractivity contribution is 0.921. The first kappa shape index (κ1) is 10.6. The molecule has 0 aliphatic heterocycles. The molecule has 0 fully saturated rings. The first-order valence-electron chi connectivity index (χ1n) is 4.70. The van der Waals surface area contributed by atoms with Crippen LogP contribution in [0.4, 0.5) is 0 Å². The average molecular weight is 240 g/mol. The standard InChI is InChI=1S/C12H11Cl2N/c1-15-5-4-10(8-15)6-9-2-3-11(13)12(14)7-9/h2-5,7-8H,6H2,1H3. The number of halogens is 2. The number of aromatic nitrogens is 1. The molecule has 0 aliphatic carbocycles. The number of aryl methyl sites for hydroxylation is 1. The molecule has 1 nitrogen and oxygen atoms in total. The van der Waals surface area contributed by atoms with Crippen molar-refractivity contribution in [3.8, 4) is 0 Å². The highest BCUT2D eigenvalue weighted by molar-refractivity contribution is 6.42. The minimum Gasteiger partial charge on any atom is -0.357 e. The van der Waals surface area contributed by atoms with Crippen LogP contribution in [0.25, 0.3) is 0 Å². The molecule has 0 radical (unpaired) electrons. The predicted octanol–water partition coefficient (Wildman–Crippen LogP) is 3.92. The van der Waals surface area contributed by atoms with Gasteiger partial charge in [0.25, 0.3) is 0 Å². The zero-order valence-corrected chi connectivity index (χ0v) is 9.89. The van der Waals surface area contributed by atoms with E-state index in [0.29, 0.717) is 10.0 Å². The highest BCUT2D eigenvalue weighted by atomic mass is 35.5. The molecule has 15 heavy (non-hydrogen) atoms. The molecule has 1 aromatic carbocycles. The van der Waals surface area contributed by atoms with Gasteiger partial charge in [-0.2, -0.15) is 0 Å². The van der Waals surface area contributed by atoms with E-state index < -0.39 is 0 Å². The van der Waals surface area contributed by atoms with Crippen LogP contribution in [-0.4, -0.2) is 4.57 Å². The third kappa shape index (κ3) is 2.55. The van der Waals surface area contributed by atoms with E-state index in [0.717, 1.165) is 6.42 Å². The van der Waals surface area contributed by atoms with Crippen LogP contribution in [0.1, 0.15) is 11.1 Å². The second kappa shape index (κ2) is 4.30. The van der Waals surface area contributed by atoms with Gasteiger partial charge in [0.2, 0.25) is 0 Å². The molecular weight excluding hydrogens is 229 g/mol. The van der Waals surface area contributed by atoms with Crippen molar-refractivity contribution in [2.45, 2.75) is 6.42 Å². The topological polar surface area (TPSA) is 4.93 Å². The van der Waals surface area contributed by atoms with Gasteiger partial charge in [-0.3, -0.25) is 0 Å². The van der Waals surface area contributed by atoms with E-state index in [1.165, 1.54) is 11.1 Å². The van der Waals surface area contributed by atoms with Crippen molar-refractivity contribution in [3.63, 3.8) is 0 Å². The van der Waals surface area contributed by atoms with Crippen molar-refractivity contribution in [1.82, 2.24) is 4.57 Å². The predicted molar refractivity (Wildman–Crippen MR) is 64.7 cm³/mol. The Hall–Kier alpha value is -0.920. The molecular formula is C12H11Cl2N. The van der Waals surface area contributed by atoms with Crippen LogP contribution < -0.4 is 0 Å². The van der Waals surface area contributed by atoms with E-state index in [9.17, 15) is 0 Å². The van der Waals surface area contributed by atoms with Crippen LogP contribution in [-0.2, 0) is 13.5 Å². The van der Waals surface area contributed by atoms with E-state index in [-0.39, 0.29) is 0 Å². The van der Waals surface area contributed by atoms with Crippen LogP contribution in [0.2, 0.25) is 10.0 Å². The molecule has 0 spiro atoms. The number of hydrogen-bond donors (Lipinski definition) is 0. The van der Waals surface area contributed by atoms with Crippen molar-refractivity contribution in [3.05, 3.63) is 57.8 Å². The summed E-state index contributed by atoms with van der Waals surface area (Å²) in [5.74, 6) is 0. The summed E-state index contributed by atoms with van der Waals surface area (Å²) in [6, 6.07) is 7.85. The lowest BCUT2D eigenvalue weighted by Gasteiger charge is -2.01. The van der Waals surface area contributed by atoms with Gasteiger partial charge in [-0.25, -0.2) is 0 Å². The van der Waals surface area contributed by atoms with Crippen LogP contribution in [0.15, 0.2) is 36.7 Å². The van der Waals surface area contributed by atoms with Gasteiger partial charge in [-0.15, -0.1) is 0 Å². The minimum absolute atomic E-state index is 0.605. The molecule has 0 aliphatic rings. The van der Waals surface area contributed by atoms with Crippen LogP contribution in [0.5, 0.6) is 0 Å². The van der Waals surface area contributed by atoms with Crippen LogP contribution in [0, 0.1) is 0 Å². The Labute approximate surface area is 99.2 Å². The zero-order valence-electron chi connectivity index (χ0n) is 8.37. The van der Waals surface area contributed by atoms with Gasteiger partial charge in [0.15, 0.2) is 0 Å². The fourth-order valence-corrected chi connectivity index (χ4v) is 1.87. The second-order valence-electron chi connectivity index (χ2n) is 3.61. The Balaban J connectivity index is 2.21. The highest BCUT2D eigenvalue weighted by Gasteiger charge is 2.01. The third-order valence-corrected chi connectivity index (χ3v) is 3.02. The summed E-state index contributed by atoms with van der Waals surface area (Å²) in [7, 11) is 2.01. The number of rotatable bonds is 2. The van der Waals surface area contributed by atoms with Gasteiger partial charge in [0, 0.05) is 19.4 Å². The van der Waals surface area contributed by atoms with Crippen LogP contribution in [0.3, 0.4) is 0 Å². The molecule has 0 saturated heterocycles.